The lowest BCUT2D eigenvalue weighted by Gasteiger charge is -2.32. The molecule has 6 heteroatoms. The Balaban J connectivity index is 1.71. The molecule has 110 valence electrons. The van der Waals surface area contributed by atoms with E-state index in [0.717, 1.165) is 4.90 Å². The second-order valence-electron chi connectivity index (χ2n) is 4.86. The average molecular weight is 316 g/mol. The minimum atomic E-state index is -0.821. The molecule has 0 radical (unpaired) electrons. The third kappa shape index (κ3) is 4.98. The minimum Gasteiger partial charge on any atom is -0.388 e. The maximum atomic E-state index is 11.8. The molecule has 0 bridgehead atoms. The molecular weight excluding hydrogens is 298 g/mol. The predicted molar refractivity (Wildman–Crippen MR) is 80.2 cm³/mol. The molecular formula is C14H18ClNO3S. The van der Waals surface area contributed by atoms with Crippen LogP contribution in [0.15, 0.2) is 29.2 Å². The molecule has 0 aromatic heterocycles. The van der Waals surface area contributed by atoms with Gasteiger partial charge in [-0.2, -0.15) is 0 Å². The maximum absolute atomic E-state index is 11.8. The summed E-state index contributed by atoms with van der Waals surface area (Å²) < 4.78 is 5.20. The van der Waals surface area contributed by atoms with Crippen LogP contribution in [0.3, 0.4) is 0 Å². The number of carbonyl (C=O) groups excluding carboxylic acids is 1. The minimum absolute atomic E-state index is 0.0788. The summed E-state index contributed by atoms with van der Waals surface area (Å²) >= 11 is 7.24. The Morgan fingerprint density at radius 1 is 1.35 bits per heavy atom. The summed E-state index contributed by atoms with van der Waals surface area (Å²) in [6, 6.07) is 7.36. The zero-order chi connectivity index (χ0) is 14.4. The van der Waals surface area contributed by atoms with Gasteiger partial charge in [0.05, 0.1) is 11.4 Å². The molecule has 1 fully saturated rings. The van der Waals surface area contributed by atoms with Crippen LogP contribution in [0.25, 0.3) is 0 Å². The number of carbonyl (C=O) groups is 1. The molecule has 0 spiro atoms. The van der Waals surface area contributed by atoms with Crippen molar-refractivity contribution in [3.63, 3.8) is 0 Å². The lowest BCUT2D eigenvalue weighted by atomic mass is 9.94. The van der Waals surface area contributed by atoms with Crippen molar-refractivity contribution in [1.29, 1.82) is 0 Å². The van der Waals surface area contributed by atoms with Gasteiger partial charge >= 0.3 is 0 Å². The Hall–Kier alpha value is -0.750. The zero-order valence-electron chi connectivity index (χ0n) is 11.1. The fourth-order valence-electron chi connectivity index (χ4n) is 1.92. The maximum Gasteiger partial charge on any atom is 0.230 e. The van der Waals surface area contributed by atoms with Gasteiger partial charge in [0.15, 0.2) is 0 Å². The smallest absolute Gasteiger partial charge is 0.230 e. The molecule has 1 aliphatic rings. The summed E-state index contributed by atoms with van der Waals surface area (Å²) in [4.78, 5) is 12.8. The van der Waals surface area contributed by atoms with Gasteiger partial charge in [0.1, 0.15) is 0 Å². The standard InChI is InChI=1S/C14H18ClNO3S/c15-11-1-3-12(4-2-11)20-9-13(17)16-10-14(18)5-7-19-8-6-14/h1-4,18H,5-10H2,(H,16,17). The fraction of sp³-hybridized carbons (Fsp3) is 0.500. The van der Waals surface area contributed by atoms with Gasteiger partial charge in [-0.3, -0.25) is 4.79 Å². The zero-order valence-corrected chi connectivity index (χ0v) is 12.7. The molecule has 20 heavy (non-hydrogen) atoms. The van der Waals surface area contributed by atoms with E-state index in [4.69, 9.17) is 16.3 Å². The van der Waals surface area contributed by atoms with E-state index in [1.165, 1.54) is 11.8 Å². The molecule has 1 aromatic carbocycles. The van der Waals surface area contributed by atoms with Gasteiger partial charge in [-0.05, 0) is 24.3 Å². The highest BCUT2D eigenvalue weighted by atomic mass is 35.5. The van der Waals surface area contributed by atoms with Crippen molar-refractivity contribution >= 4 is 29.3 Å². The van der Waals surface area contributed by atoms with Crippen LogP contribution in [0.1, 0.15) is 12.8 Å². The second-order valence-corrected chi connectivity index (χ2v) is 6.34. The van der Waals surface area contributed by atoms with Gasteiger partial charge in [-0.1, -0.05) is 11.6 Å². The molecule has 1 heterocycles. The summed E-state index contributed by atoms with van der Waals surface area (Å²) in [5.41, 5.74) is -0.821. The Morgan fingerprint density at radius 3 is 2.65 bits per heavy atom. The number of amides is 1. The summed E-state index contributed by atoms with van der Waals surface area (Å²) in [5.74, 6) is 0.249. The highest BCUT2D eigenvalue weighted by molar-refractivity contribution is 8.00. The number of benzene rings is 1. The number of hydrogen-bond donors (Lipinski definition) is 2. The predicted octanol–water partition coefficient (Wildman–Crippen LogP) is 2.09. The fourth-order valence-corrected chi connectivity index (χ4v) is 2.78. The number of hydrogen-bond acceptors (Lipinski definition) is 4. The Kier molecular flexibility index (Phi) is 5.72. The van der Waals surface area contributed by atoms with Crippen LogP contribution in [0, 0.1) is 0 Å². The molecule has 0 atom stereocenters. The SMILES string of the molecule is O=C(CSc1ccc(Cl)cc1)NCC1(O)CCOCC1. The number of nitrogens with one attached hydrogen (secondary N) is 1. The van der Waals surface area contributed by atoms with Crippen molar-refractivity contribution in [2.75, 3.05) is 25.5 Å². The lowest BCUT2D eigenvalue weighted by molar-refractivity contribution is -0.121. The van der Waals surface area contributed by atoms with Crippen LogP contribution in [0.2, 0.25) is 5.02 Å². The molecule has 2 N–H and O–H groups in total. The highest BCUT2D eigenvalue weighted by Gasteiger charge is 2.29. The number of ether oxygens (including phenoxy) is 1. The van der Waals surface area contributed by atoms with Gasteiger partial charge in [0.25, 0.3) is 0 Å². The van der Waals surface area contributed by atoms with E-state index in [0.29, 0.717) is 36.8 Å². The van der Waals surface area contributed by atoms with Crippen LogP contribution < -0.4 is 5.32 Å². The first kappa shape index (κ1) is 15.6. The number of halogens is 1. The van der Waals surface area contributed by atoms with Gasteiger partial charge in [0.2, 0.25) is 5.91 Å². The second kappa shape index (κ2) is 7.31. The molecule has 0 saturated carbocycles. The molecule has 1 aromatic rings. The first-order valence-electron chi connectivity index (χ1n) is 6.53. The number of rotatable bonds is 5. The molecule has 2 rings (SSSR count). The van der Waals surface area contributed by atoms with E-state index in [9.17, 15) is 9.90 Å². The first-order chi connectivity index (χ1) is 9.57. The topological polar surface area (TPSA) is 58.6 Å². The Morgan fingerprint density at radius 2 is 2.00 bits per heavy atom. The van der Waals surface area contributed by atoms with Gasteiger partial charge < -0.3 is 15.2 Å². The van der Waals surface area contributed by atoms with E-state index in [1.807, 2.05) is 12.1 Å². The van der Waals surface area contributed by atoms with E-state index in [1.54, 1.807) is 12.1 Å². The van der Waals surface area contributed by atoms with Crippen molar-refractivity contribution in [3.8, 4) is 0 Å². The summed E-state index contributed by atoms with van der Waals surface area (Å²) in [7, 11) is 0. The van der Waals surface area contributed by atoms with Crippen LogP contribution in [0.4, 0.5) is 0 Å². The monoisotopic (exact) mass is 315 g/mol. The van der Waals surface area contributed by atoms with Crippen molar-refractivity contribution in [3.05, 3.63) is 29.3 Å². The van der Waals surface area contributed by atoms with Crippen LogP contribution in [-0.2, 0) is 9.53 Å². The number of aliphatic hydroxyl groups is 1. The van der Waals surface area contributed by atoms with Crippen molar-refractivity contribution in [2.45, 2.75) is 23.3 Å². The largest absolute Gasteiger partial charge is 0.388 e. The van der Waals surface area contributed by atoms with Crippen molar-refractivity contribution in [1.82, 2.24) is 5.32 Å². The van der Waals surface area contributed by atoms with Crippen molar-refractivity contribution in [2.24, 2.45) is 0 Å². The summed E-state index contributed by atoms with van der Waals surface area (Å²) in [6.07, 6.45) is 1.13. The third-order valence-electron chi connectivity index (χ3n) is 3.22. The van der Waals surface area contributed by atoms with Gasteiger partial charge in [-0.15, -0.1) is 11.8 Å². The third-order valence-corrected chi connectivity index (χ3v) is 4.49. The van der Waals surface area contributed by atoms with Crippen molar-refractivity contribution < 1.29 is 14.6 Å². The first-order valence-corrected chi connectivity index (χ1v) is 7.89. The molecule has 1 aliphatic heterocycles. The summed E-state index contributed by atoms with van der Waals surface area (Å²) in [6.45, 7) is 1.38. The van der Waals surface area contributed by atoms with Crippen LogP contribution in [0.5, 0.6) is 0 Å². The summed E-state index contributed by atoms with van der Waals surface area (Å²) in [5, 5.41) is 13.7. The Labute approximate surface area is 127 Å². The molecule has 1 saturated heterocycles. The van der Waals surface area contributed by atoms with E-state index < -0.39 is 5.60 Å². The average Bonchev–Trinajstić information content (AvgIpc) is 2.45. The quantitative estimate of drug-likeness (QED) is 0.817. The van der Waals surface area contributed by atoms with Crippen LogP contribution in [-0.4, -0.2) is 42.1 Å². The molecule has 0 unspecified atom stereocenters. The highest BCUT2D eigenvalue weighted by Crippen LogP contribution is 2.21. The molecule has 4 nitrogen and oxygen atoms in total. The van der Waals surface area contributed by atoms with Gasteiger partial charge in [-0.25, -0.2) is 0 Å². The van der Waals surface area contributed by atoms with E-state index in [-0.39, 0.29) is 12.5 Å². The molecule has 1 amide bonds. The lowest BCUT2D eigenvalue weighted by Crippen LogP contribution is -2.47. The molecule has 0 aliphatic carbocycles. The van der Waals surface area contributed by atoms with Gasteiger partial charge in [0, 0.05) is 42.5 Å². The normalized spacial score (nSPS) is 17.7. The number of thioether (sulfide) groups is 1. The van der Waals surface area contributed by atoms with Crippen LogP contribution >= 0.6 is 23.4 Å². The van der Waals surface area contributed by atoms with E-state index >= 15 is 0 Å². The van der Waals surface area contributed by atoms with E-state index in [2.05, 4.69) is 5.32 Å². The Bertz CT molecular complexity index is 446.